The summed E-state index contributed by atoms with van der Waals surface area (Å²) in [7, 11) is 0. The highest BCUT2D eigenvalue weighted by atomic mass is 35.8. The first-order chi connectivity index (χ1) is 4.54. The van der Waals surface area contributed by atoms with Gasteiger partial charge >= 0.3 is 6.73 Å². The second-order valence-electron chi connectivity index (χ2n) is 2.75. The Morgan fingerprint density at radius 3 is 1.20 bits per heavy atom. The van der Waals surface area contributed by atoms with E-state index in [4.69, 9.17) is 33.2 Å². The lowest BCUT2D eigenvalue weighted by Crippen LogP contribution is -2.18. The van der Waals surface area contributed by atoms with Crippen LogP contribution in [0.4, 0.5) is 0 Å². The van der Waals surface area contributed by atoms with E-state index in [1.165, 1.54) is 12.8 Å². The van der Waals surface area contributed by atoms with Crippen LogP contribution in [-0.2, 0) is 0 Å². The average Bonchev–Trinajstić information content (AvgIpc) is 1.83. The standard InChI is InChI=1S/C6H12.Cl3Si/c1-5-3-4-6(5)2;1-4(2)3/h5-6H,3-4H2,1-2H3;. The highest BCUT2D eigenvalue weighted by Crippen LogP contribution is 2.32. The molecule has 2 atom stereocenters. The van der Waals surface area contributed by atoms with Crippen LogP contribution < -0.4 is 0 Å². The summed E-state index contributed by atoms with van der Waals surface area (Å²) in [5.41, 5.74) is 0. The van der Waals surface area contributed by atoms with Crippen molar-refractivity contribution in [1.29, 1.82) is 0 Å². The Morgan fingerprint density at radius 2 is 1.20 bits per heavy atom. The summed E-state index contributed by atoms with van der Waals surface area (Å²) in [6.07, 6.45) is 2.95. The third-order valence-corrected chi connectivity index (χ3v) is 2.05. The van der Waals surface area contributed by atoms with Crippen molar-refractivity contribution in [1.82, 2.24) is 0 Å². The van der Waals surface area contributed by atoms with E-state index in [0.717, 1.165) is 11.8 Å². The Morgan fingerprint density at radius 1 is 1.00 bits per heavy atom. The van der Waals surface area contributed by atoms with E-state index in [0.29, 0.717) is 0 Å². The molecule has 0 spiro atoms. The molecule has 0 heterocycles. The van der Waals surface area contributed by atoms with Crippen molar-refractivity contribution in [2.45, 2.75) is 26.7 Å². The first-order valence-electron chi connectivity index (χ1n) is 3.37. The normalized spacial score (nSPS) is 30.6. The van der Waals surface area contributed by atoms with Crippen molar-refractivity contribution in [3.05, 3.63) is 0 Å². The molecule has 0 amide bonds. The van der Waals surface area contributed by atoms with Gasteiger partial charge in [0.15, 0.2) is 0 Å². The van der Waals surface area contributed by atoms with Crippen molar-refractivity contribution < 1.29 is 0 Å². The predicted octanol–water partition coefficient (Wildman–Crippen LogP) is 3.74. The summed E-state index contributed by atoms with van der Waals surface area (Å²) in [6.45, 7) is 3.19. The largest absolute Gasteiger partial charge is 0.376 e. The molecule has 1 fully saturated rings. The van der Waals surface area contributed by atoms with Crippen LogP contribution in [0.5, 0.6) is 0 Å². The third kappa shape index (κ3) is 5.84. The minimum absolute atomic E-state index is 1.03. The smallest absolute Gasteiger partial charge is 0.125 e. The number of rotatable bonds is 0. The van der Waals surface area contributed by atoms with Crippen LogP contribution in [0.2, 0.25) is 0 Å². The zero-order valence-electron chi connectivity index (χ0n) is 6.20. The van der Waals surface area contributed by atoms with Gasteiger partial charge < -0.3 is 0 Å². The van der Waals surface area contributed by atoms with Crippen LogP contribution in [0.3, 0.4) is 0 Å². The van der Waals surface area contributed by atoms with Crippen molar-refractivity contribution in [2.24, 2.45) is 11.8 Å². The van der Waals surface area contributed by atoms with E-state index < -0.39 is 6.73 Å². The summed E-state index contributed by atoms with van der Waals surface area (Å²) < 4.78 is 0. The van der Waals surface area contributed by atoms with Crippen molar-refractivity contribution in [2.75, 3.05) is 0 Å². The lowest BCUT2D eigenvalue weighted by atomic mass is 9.77. The second kappa shape index (κ2) is 5.70. The molecule has 0 saturated heterocycles. The minimum Gasteiger partial charge on any atom is -0.125 e. The number of hydrogen-bond acceptors (Lipinski definition) is 0. The first-order valence-corrected chi connectivity index (χ1v) is 7.91. The molecule has 1 saturated carbocycles. The Balaban J connectivity index is 0.000000180. The molecule has 0 bridgehead atoms. The maximum atomic E-state index is 4.91. The van der Waals surface area contributed by atoms with Gasteiger partial charge in [0.2, 0.25) is 0 Å². The molecule has 0 aromatic rings. The zero-order chi connectivity index (χ0) is 8.15. The Kier molecular flexibility index (Phi) is 6.32. The maximum Gasteiger partial charge on any atom is 0.376 e. The van der Waals surface area contributed by atoms with Gasteiger partial charge in [-0.2, -0.15) is 0 Å². The van der Waals surface area contributed by atoms with Crippen LogP contribution in [0, 0.1) is 11.8 Å². The van der Waals surface area contributed by atoms with E-state index in [-0.39, 0.29) is 0 Å². The van der Waals surface area contributed by atoms with Crippen molar-refractivity contribution in [3.8, 4) is 0 Å². The lowest BCUT2D eigenvalue weighted by Gasteiger charge is -2.29. The number of halogens is 3. The molecular weight excluding hydrogens is 207 g/mol. The van der Waals surface area contributed by atoms with Gasteiger partial charge in [-0.15, -0.1) is 33.2 Å². The van der Waals surface area contributed by atoms with Gasteiger partial charge in [0.05, 0.1) is 0 Å². The van der Waals surface area contributed by atoms with Gasteiger partial charge in [0, 0.05) is 0 Å². The molecule has 1 aliphatic carbocycles. The molecule has 0 N–H and O–H groups in total. The van der Waals surface area contributed by atoms with E-state index in [1.807, 2.05) is 0 Å². The van der Waals surface area contributed by atoms with Crippen LogP contribution in [0.1, 0.15) is 26.7 Å². The molecule has 1 aliphatic rings. The molecule has 1 radical (unpaired) electrons. The van der Waals surface area contributed by atoms with E-state index >= 15 is 0 Å². The minimum atomic E-state index is -1.46. The molecule has 1 rings (SSSR count). The summed E-state index contributed by atoms with van der Waals surface area (Å²) >= 11 is 14.7. The molecule has 0 aromatic carbocycles. The van der Waals surface area contributed by atoms with E-state index in [9.17, 15) is 0 Å². The van der Waals surface area contributed by atoms with Crippen LogP contribution >= 0.6 is 33.2 Å². The second-order valence-corrected chi connectivity index (χ2v) is 8.32. The van der Waals surface area contributed by atoms with Crippen LogP contribution in [0.25, 0.3) is 0 Å². The summed E-state index contributed by atoms with van der Waals surface area (Å²) in [6, 6.07) is 0. The molecule has 61 valence electrons. The fraction of sp³-hybridized carbons (Fsp3) is 1.00. The average molecular weight is 219 g/mol. The Bertz CT molecular complexity index is 76.3. The van der Waals surface area contributed by atoms with Gasteiger partial charge in [0.1, 0.15) is 0 Å². The van der Waals surface area contributed by atoms with Crippen LogP contribution in [-0.4, -0.2) is 6.73 Å². The summed E-state index contributed by atoms with van der Waals surface area (Å²) in [5.74, 6) is 2.06. The molecule has 0 nitrogen and oxygen atoms in total. The maximum absolute atomic E-state index is 4.91. The van der Waals surface area contributed by atoms with Gasteiger partial charge in [-0.25, -0.2) is 0 Å². The topological polar surface area (TPSA) is 0 Å². The Labute approximate surface area is 78.6 Å². The molecule has 0 aliphatic heterocycles. The molecule has 2 unspecified atom stereocenters. The van der Waals surface area contributed by atoms with Gasteiger partial charge in [-0.3, -0.25) is 0 Å². The highest BCUT2D eigenvalue weighted by molar-refractivity contribution is 7.54. The van der Waals surface area contributed by atoms with Crippen molar-refractivity contribution >= 4 is 40.0 Å². The first kappa shape index (κ1) is 11.1. The SMILES string of the molecule is CC1CCC1C.Cl[Si](Cl)Cl. The highest BCUT2D eigenvalue weighted by Gasteiger charge is 2.20. The quantitative estimate of drug-likeness (QED) is 0.429. The zero-order valence-corrected chi connectivity index (χ0v) is 9.47. The van der Waals surface area contributed by atoms with Gasteiger partial charge in [-0.05, 0) is 11.8 Å². The van der Waals surface area contributed by atoms with E-state index in [1.54, 1.807) is 0 Å². The van der Waals surface area contributed by atoms with Crippen LogP contribution in [0.15, 0.2) is 0 Å². The summed E-state index contributed by atoms with van der Waals surface area (Å²) in [4.78, 5) is 0. The third-order valence-electron chi connectivity index (χ3n) is 2.05. The van der Waals surface area contributed by atoms with Gasteiger partial charge in [-0.1, -0.05) is 26.7 Å². The molecule has 0 aromatic heterocycles. The monoisotopic (exact) mass is 217 g/mol. The predicted molar refractivity (Wildman–Crippen MR) is 50.9 cm³/mol. The molecule has 10 heavy (non-hydrogen) atoms. The Hall–Kier alpha value is 1.09. The van der Waals surface area contributed by atoms with Gasteiger partial charge in [0.25, 0.3) is 0 Å². The fourth-order valence-electron chi connectivity index (χ4n) is 0.833. The number of hydrogen-bond donors (Lipinski definition) is 0. The molecular formula is C6H12Cl3Si. The fourth-order valence-corrected chi connectivity index (χ4v) is 0.833. The summed E-state index contributed by atoms with van der Waals surface area (Å²) in [5, 5.41) is 0. The van der Waals surface area contributed by atoms with E-state index in [2.05, 4.69) is 13.8 Å². The van der Waals surface area contributed by atoms with Crippen molar-refractivity contribution in [3.63, 3.8) is 0 Å². The molecule has 4 heteroatoms. The lowest BCUT2D eigenvalue weighted by molar-refractivity contribution is 0.219.